The van der Waals surface area contributed by atoms with Crippen LogP contribution < -0.4 is 10.2 Å². The van der Waals surface area contributed by atoms with Gasteiger partial charge in [0.25, 0.3) is 0 Å². The molecule has 0 amide bonds. The van der Waals surface area contributed by atoms with Crippen LogP contribution in [0.1, 0.15) is 11.1 Å². The number of hydrogen-bond acceptors (Lipinski definition) is 4. The topological polar surface area (TPSA) is 46.5 Å². The molecule has 0 saturated heterocycles. The first-order chi connectivity index (χ1) is 10.8. The highest BCUT2D eigenvalue weighted by molar-refractivity contribution is 5.80. The molecule has 2 aromatic rings. The van der Waals surface area contributed by atoms with E-state index < -0.39 is 18.4 Å². The molecule has 0 bridgehead atoms. The standard InChI is InChI=1S/C14H10F5N3O/c15-13(16)23-11-4-1-9(2-5-11)7-21-22-12-6-3-10(8-20-12)14(17,18)19/h1-8,13H,(H,20,22). The molecule has 0 aliphatic heterocycles. The van der Waals surface area contributed by atoms with Gasteiger partial charge < -0.3 is 4.74 Å². The van der Waals surface area contributed by atoms with E-state index in [1.807, 2.05) is 0 Å². The highest BCUT2D eigenvalue weighted by atomic mass is 19.4. The monoisotopic (exact) mass is 331 g/mol. The lowest BCUT2D eigenvalue weighted by molar-refractivity contribution is -0.137. The molecule has 1 aromatic heterocycles. The normalized spacial score (nSPS) is 11.9. The Kier molecular flexibility index (Phi) is 5.09. The van der Waals surface area contributed by atoms with Crippen molar-refractivity contribution in [1.29, 1.82) is 0 Å². The molecular weight excluding hydrogens is 321 g/mol. The van der Waals surface area contributed by atoms with E-state index in [0.29, 0.717) is 11.8 Å². The number of pyridine rings is 1. The number of benzene rings is 1. The molecule has 0 radical (unpaired) electrons. The van der Waals surface area contributed by atoms with Crippen molar-refractivity contribution in [3.63, 3.8) is 0 Å². The molecule has 0 spiro atoms. The molecule has 23 heavy (non-hydrogen) atoms. The number of anilines is 1. The number of nitrogens with zero attached hydrogens (tertiary/aromatic N) is 2. The summed E-state index contributed by atoms with van der Waals surface area (Å²) in [6.07, 6.45) is -2.41. The van der Waals surface area contributed by atoms with Gasteiger partial charge in [0.15, 0.2) is 0 Å². The van der Waals surface area contributed by atoms with Gasteiger partial charge in [0.1, 0.15) is 11.6 Å². The molecule has 0 fully saturated rings. The van der Waals surface area contributed by atoms with Gasteiger partial charge in [0.2, 0.25) is 0 Å². The number of alkyl halides is 5. The highest BCUT2D eigenvalue weighted by Gasteiger charge is 2.30. The summed E-state index contributed by atoms with van der Waals surface area (Å²) in [5, 5.41) is 3.79. The number of aromatic nitrogens is 1. The predicted octanol–water partition coefficient (Wildman–Crippen LogP) is 4.15. The minimum absolute atomic E-state index is 0.00881. The molecule has 0 saturated carbocycles. The first-order valence-electron chi connectivity index (χ1n) is 6.22. The smallest absolute Gasteiger partial charge is 0.417 e. The van der Waals surface area contributed by atoms with Crippen LogP contribution in [0.4, 0.5) is 27.8 Å². The van der Waals surface area contributed by atoms with E-state index in [1.165, 1.54) is 30.5 Å². The van der Waals surface area contributed by atoms with Gasteiger partial charge in [0.05, 0.1) is 11.8 Å². The van der Waals surface area contributed by atoms with E-state index in [4.69, 9.17) is 0 Å². The van der Waals surface area contributed by atoms with Gasteiger partial charge in [-0.3, -0.25) is 5.43 Å². The maximum atomic E-state index is 12.4. The number of rotatable bonds is 5. The fraction of sp³-hybridized carbons (Fsp3) is 0.143. The van der Waals surface area contributed by atoms with Crippen molar-refractivity contribution in [3.8, 4) is 5.75 Å². The molecule has 122 valence electrons. The molecule has 2 rings (SSSR count). The summed E-state index contributed by atoms with van der Waals surface area (Å²) in [7, 11) is 0. The van der Waals surface area contributed by atoms with Crippen molar-refractivity contribution < 1.29 is 26.7 Å². The molecule has 0 aliphatic rings. The Labute approximate surface area is 127 Å². The van der Waals surface area contributed by atoms with E-state index in [2.05, 4.69) is 20.2 Å². The van der Waals surface area contributed by atoms with Gasteiger partial charge in [-0.2, -0.15) is 27.1 Å². The first-order valence-corrected chi connectivity index (χ1v) is 6.22. The summed E-state index contributed by atoms with van der Waals surface area (Å²) < 4.78 is 65.2. The van der Waals surface area contributed by atoms with Gasteiger partial charge >= 0.3 is 12.8 Å². The fourth-order valence-corrected chi connectivity index (χ4v) is 1.54. The number of ether oxygens (including phenoxy) is 1. The van der Waals surface area contributed by atoms with E-state index >= 15 is 0 Å². The van der Waals surface area contributed by atoms with Gasteiger partial charge in [0, 0.05) is 6.20 Å². The average Bonchev–Trinajstić information content (AvgIpc) is 2.48. The Morgan fingerprint density at radius 1 is 1.09 bits per heavy atom. The highest BCUT2D eigenvalue weighted by Crippen LogP contribution is 2.28. The maximum Gasteiger partial charge on any atom is 0.417 e. The molecule has 1 heterocycles. The quantitative estimate of drug-likeness (QED) is 0.509. The van der Waals surface area contributed by atoms with Crippen LogP contribution in [-0.4, -0.2) is 17.8 Å². The zero-order valence-electron chi connectivity index (χ0n) is 11.4. The average molecular weight is 331 g/mol. The molecule has 9 heteroatoms. The van der Waals surface area contributed by atoms with Gasteiger partial charge in [-0.05, 0) is 42.0 Å². The lowest BCUT2D eigenvalue weighted by Gasteiger charge is -2.06. The SMILES string of the molecule is FC(F)Oc1ccc(C=NNc2ccc(C(F)(F)F)cn2)cc1. The summed E-state index contributed by atoms with van der Waals surface area (Å²) in [5.41, 5.74) is 2.17. The van der Waals surface area contributed by atoms with Crippen LogP contribution in [0, 0.1) is 0 Å². The first kappa shape index (κ1) is 16.7. The van der Waals surface area contributed by atoms with Gasteiger partial charge in [-0.25, -0.2) is 4.98 Å². The van der Waals surface area contributed by atoms with Crippen molar-refractivity contribution in [1.82, 2.24) is 4.98 Å². The molecule has 0 atom stereocenters. The lowest BCUT2D eigenvalue weighted by Crippen LogP contribution is -2.05. The van der Waals surface area contributed by atoms with Crippen molar-refractivity contribution in [2.24, 2.45) is 5.10 Å². The van der Waals surface area contributed by atoms with Crippen LogP contribution in [-0.2, 0) is 6.18 Å². The van der Waals surface area contributed by atoms with Crippen LogP contribution >= 0.6 is 0 Å². The van der Waals surface area contributed by atoms with Crippen molar-refractivity contribution in [2.75, 3.05) is 5.43 Å². The Hall–Kier alpha value is -2.71. The molecule has 1 N–H and O–H groups in total. The van der Waals surface area contributed by atoms with Gasteiger partial charge in [-0.15, -0.1) is 0 Å². The zero-order valence-corrected chi connectivity index (χ0v) is 11.4. The zero-order chi connectivity index (χ0) is 16.9. The van der Waals surface area contributed by atoms with Gasteiger partial charge in [-0.1, -0.05) is 0 Å². The molecule has 1 aromatic carbocycles. The summed E-state index contributed by atoms with van der Waals surface area (Å²) in [4.78, 5) is 3.57. The number of hydrazone groups is 1. The predicted molar refractivity (Wildman–Crippen MR) is 73.5 cm³/mol. The third-order valence-electron chi connectivity index (χ3n) is 2.59. The Morgan fingerprint density at radius 2 is 1.78 bits per heavy atom. The largest absolute Gasteiger partial charge is 0.435 e. The summed E-state index contributed by atoms with van der Waals surface area (Å²) in [6, 6.07) is 7.67. The van der Waals surface area contributed by atoms with Crippen LogP contribution in [0.3, 0.4) is 0 Å². The number of nitrogens with one attached hydrogen (secondary N) is 1. The minimum atomic E-state index is -4.45. The number of hydrogen-bond donors (Lipinski definition) is 1. The fourth-order valence-electron chi connectivity index (χ4n) is 1.54. The third kappa shape index (κ3) is 5.20. The second-order valence-electron chi connectivity index (χ2n) is 4.25. The summed E-state index contributed by atoms with van der Waals surface area (Å²) in [6.45, 7) is -2.90. The van der Waals surface area contributed by atoms with Crippen molar-refractivity contribution >= 4 is 12.0 Å². The number of halogens is 5. The lowest BCUT2D eigenvalue weighted by atomic mass is 10.2. The van der Waals surface area contributed by atoms with Crippen molar-refractivity contribution in [2.45, 2.75) is 12.8 Å². The summed E-state index contributed by atoms with van der Waals surface area (Å²) in [5.74, 6) is 0.140. The van der Waals surface area contributed by atoms with E-state index in [9.17, 15) is 22.0 Å². The third-order valence-corrected chi connectivity index (χ3v) is 2.59. The molecule has 4 nitrogen and oxygen atoms in total. The van der Waals surface area contributed by atoms with Crippen LogP contribution in [0.2, 0.25) is 0 Å². The molecular formula is C14H10F5N3O. The maximum absolute atomic E-state index is 12.4. The Balaban J connectivity index is 1.93. The molecule has 0 aliphatic carbocycles. The Morgan fingerprint density at radius 3 is 2.30 bits per heavy atom. The van der Waals surface area contributed by atoms with Crippen LogP contribution in [0.25, 0.3) is 0 Å². The second-order valence-corrected chi connectivity index (χ2v) is 4.25. The minimum Gasteiger partial charge on any atom is -0.435 e. The van der Waals surface area contributed by atoms with E-state index in [1.54, 1.807) is 0 Å². The summed E-state index contributed by atoms with van der Waals surface area (Å²) >= 11 is 0. The van der Waals surface area contributed by atoms with Crippen LogP contribution in [0.5, 0.6) is 5.75 Å². The van der Waals surface area contributed by atoms with E-state index in [0.717, 1.165) is 12.1 Å². The van der Waals surface area contributed by atoms with Crippen molar-refractivity contribution in [3.05, 3.63) is 53.7 Å². The molecule has 0 unspecified atom stereocenters. The second kappa shape index (κ2) is 7.03. The van der Waals surface area contributed by atoms with E-state index in [-0.39, 0.29) is 11.6 Å². The Bertz CT molecular complexity index is 654. The van der Waals surface area contributed by atoms with Crippen LogP contribution in [0.15, 0.2) is 47.7 Å².